The van der Waals surface area contributed by atoms with E-state index in [9.17, 15) is 4.79 Å². The quantitative estimate of drug-likeness (QED) is 0.880. The van der Waals surface area contributed by atoms with Crippen molar-refractivity contribution in [3.8, 4) is 0 Å². The van der Waals surface area contributed by atoms with Gasteiger partial charge in [0.1, 0.15) is 0 Å². The van der Waals surface area contributed by atoms with Crippen molar-refractivity contribution < 1.29 is 4.79 Å². The van der Waals surface area contributed by atoms with E-state index in [-0.39, 0.29) is 11.9 Å². The molecular formula is C16H24N2O. The number of carbonyl (C=O) groups is 1. The lowest BCUT2D eigenvalue weighted by Crippen LogP contribution is -2.46. The van der Waals surface area contributed by atoms with Gasteiger partial charge in [-0.3, -0.25) is 4.79 Å². The van der Waals surface area contributed by atoms with Gasteiger partial charge in [0.05, 0.1) is 0 Å². The molecule has 2 rings (SSSR count). The van der Waals surface area contributed by atoms with Crippen molar-refractivity contribution in [2.75, 3.05) is 13.1 Å². The normalized spacial score (nSPS) is 18.8. The summed E-state index contributed by atoms with van der Waals surface area (Å²) in [6.45, 7) is 6.19. The largest absolute Gasteiger partial charge is 0.336 e. The van der Waals surface area contributed by atoms with Crippen molar-refractivity contribution >= 4 is 5.91 Å². The summed E-state index contributed by atoms with van der Waals surface area (Å²) in [7, 11) is 0. The highest BCUT2D eigenvalue weighted by molar-refractivity contribution is 5.77. The van der Waals surface area contributed by atoms with Crippen molar-refractivity contribution in [3.05, 3.63) is 35.9 Å². The Labute approximate surface area is 116 Å². The summed E-state index contributed by atoms with van der Waals surface area (Å²) in [5.41, 5.74) is 1.24. The minimum atomic E-state index is 0.285. The Kier molecular flexibility index (Phi) is 4.97. The molecule has 1 saturated heterocycles. The van der Waals surface area contributed by atoms with Crippen molar-refractivity contribution in [2.45, 2.75) is 45.2 Å². The molecular weight excluding hydrogens is 236 g/mol. The summed E-state index contributed by atoms with van der Waals surface area (Å²) in [6, 6.07) is 10.9. The smallest absolute Gasteiger partial charge is 0.223 e. The fourth-order valence-corrected chi connectivity index (χ4v) is 2.82. The van der Waals surface area contributed by atoms with Gasteiger partial charge < -0.3 is 10.2 Å². The van der Waals surface area contributed by atoms with Crippen LogP contribution in [0.3, 0.4) is 0 Å². The average molecular weight is 260 g/mol. The summed E-state index contributed by atoms with van der Waals surface area (Å²) in [5, 5.41) is 3.34. The van der Waals surface area contributed by atoms with Gasteiger partial charge in [-0.05, 0) is 38.8 Å². The van der Waals surface area contributed by atoms with Gasteiger partial charge in [0, 0.05) is 25.0 Å². The molecule has 1 amide bonds. The van der Waals surface area contributed by atoms with E-state index in [1.54, 1.807) is 0 Å². The predicted octanol–water partition coefficient (Wildman–Crippen LogP) is 2.22. The summed E-state index contributed by atoms with van der Waals surface area (Å²) in [6.07, 6.45) is 2.52. The summed E-state index contributed by atoms with van der Waals surface area (Å²) >= 11 is 0. The van der Waals surface area contributed by atoms with Crippen LogP contribution in [0.15, 0.2) is 30.3 Å². The van der Waals surface area contributed by atoms with Crippen LogP contribution in [0.1, 0.15) is 32.3 Å². The molecule has 1 heterocycles. The molecule has 1 unspecified atom stereocenters. The van der Waals surface area contributed by atoms with Crippen LogP contribution in [0.5, 0.6) is 0 Å². The van der Waals surface area contributed by atoms with Crippen LogP contribution in [0.25, 0.3) is 0 Å². The highest BCUT2D eigenvalue weighted by Crippen LogP contribution is 2.15. The van der Waals surface area contributed by atoms with Gasteiger partial charge in [-0.2, -0.15) is 0 Å². The summed E-state index contributed by atoms with van der Waals surface area (Å²) in [4.78, 5) is 14.5. The molecule has 0 bridgehead atoms. The third-order valence-electron chi connectivity index (χ3n) is 3.74. The SMILES string of the molecule is CC(C)N(C(=O)CCc1ccccc1)C1CCNC1. The number of hydrogen-bond donors (Lipinski definition) is 1. The zero-order valence-corrected chi connectivity index (χ0v) is 11.9. The average Bonchev–Trinajstić information content (AvgIpc) is 2.91. The predicted molar refractivity (Wildman–Crippen MR) is 78.0 cm³/mol. The van der Waals surface area contributed by atoms with Crippen LogP contribution in [0.2, 0.25) is 0 Å². The fraction of sp³-hybridized carbons (Fsp3) is 0.562. The van der Waals surface area contributed by atoms with Crippen LogP contribution < -0.4 is 5.32 Å². The van der Waals surface area contributed by atoms with E-state index in [1.807, 2.05) is 18.2 Å². The first kappa shape index (κ1) is 14.1. The summed E-state index contributed by atoms with van der Waals surface area (Å²) < 4.78 is 0. The van der Waals surface area contributed by atoms with Gasteiger partial charge in [0.2, 0.25) is 5.91 Å². The lowest BCUT2D eigenvalue weighted by molar-refractivity contribution is -0.135. The molecule has 1 aromatic rings. The number of amides is 1. The van der Waals surface area contributed by atoms with Crippen molar-refractivity contribution in [3.63, 3.8) is 0 Å². The van der Waals surface area contributed by atoms with Crippen LogP contribution in [0.4, 0.5) is 0 Å². The molecule has 1 aliphatic rings. The number of aryl methyl sites for hydroxylation is 1. The van der Waals surface area contributed by atoms with E-state index in [2.05, 4.69) is 36.2 Å². The van der Waals surface area contributed by atoms with Gasteiger partial charge in [-0.15, -0.1) is 0 Å². The minimum absolute atomic E-state index is 0.285. The van der Waals surface area contributed by atoms with Crippen molar-refractivity contribution in [1.29, 1.82) is 0 Å². The molecule has 104 valence electrons. The third kappa shape index (κ3) is 3.80. The molecule has 1 fully saturated rings. The van der Waals surface area contributed by atoms with E-state index < -0.39 is 0 Å². The van der Waals surface area contributed by atoms with E-state index in [4.69, 9.17) is 0 Å². The maximum atomic E-state index is 12.4. The molecule has 0 aromatic heterocycles. The van der Waals surface area contributed by atoms with Crippen LogP contribution in [0, 0.1) is 0 Å². The Morgan fingerprint density at radius 3 is 2.68 bits per heavy atom. The number of nitrogens with one attached hydrogen (secondary N) is 1. The van der Waals surface area contributed by atoms with E-state index in [1.165, 1.54) is 5.56 Å². The standard InChI is InChI=1S/C16H24N2O/c1-13(2)18(15-10-11-17-12-15)16(19)9-8-14-6-4-3-5-7-14/h3-7,13,15,17H,8-12H2,1-2H3. The molecule has 0 radical (unpaired) electrons. The molecule has 0 aliphatic carbocycles. The highest BCUT2D eigenvalue weighted by atomic mass is 16.2. The Morgan fingerprint density at radius 1 is 1.37 bits per heavy atom. The zero-order valence-electron chi connectivity index (χ0n) is 11.9. The number of carbonyl (C=O) groups excluding carboxylic acids is 1. The van der Waals surface area contributed by atoms with Gasteiger partial charge in [0.15, 0.2) is 0 Å². The topological polar surface area (TPSA) is 32.3 Å². The second kappa shape index (κ2) is 6.71. The number of nitrogens with zero attached hydrogens (tertiary/aromatic N) is 1. The number of rotatable bonds is 5. The molecule has 1 aliphatic heterocycles. The van der Waals surface area contributed by atoms with E-state index >= 15 is 0 Å². The van der Waals surface area contributed by atoms with Gasteiger partial charge in [-0.1, -0.05) is 30.3 Å². The Hall–Kier alpha value is -1.35. The molecule has 0 saturated carbocycles. The molecule has 19 heavy (non-hydrogen) atoms. The summed E-state index contributed by atoms with van der Waals surface area (Å²) in [5.74, 6) is 0.285. The van der Waals surface area contributed by atoms with E-state index in [0.29, 0.717) is 12.5 Å². The third-order valence-corrected chi connectivity index (χ3v) is 3.74. The molecule has 0 spiro atoms. The molecule has 1 N–H and O–H groups in total. The minimum Gasteiger partial charge on any atom is -0.336 e. The van der Waals surface area contributed by atoms with Gasteiger partial charge in [0.25, 0.3) is 0 Å². The Balaban J connectivity index is 1.92. The van der Waals surface area contributed by atoms with Gasteiger partial charge >= 0.3 is 0 Å². The second-order valence-corrected chi connectivity index (χ2v) is 5.53. The Bertz CT molecular complexity index is 396. The zero-order chi connectivity index (χ0) is 13.7. The first-order chi connectivity index (χ1) is 9.18. The lowest BCUT2D eigenvalue weighted by Gasteiger charge is -2.32. The maximum absolute atomic E-state index is 12.4. The van der Waals surface area contributed by atoms with E-state index in [0.717, 1.165) is 25.9 Å². The Morgan fingerprint density at radius 2 is 2.11 bits per heavy atom. The molecule has 1 aromatic carbocycles. The van der Waals surface area contributed by atoms with Crippen LogP contribution >= 0.6 is 0 Å². The maximum Gasteiger partial charge on any atom is 0.223 e. The molecule has 3 heteroatoms. The van der Waals surface area contributed by atoms with Crippen molar-refractivity contribution in [2.24, 2.45) is 0 Å². The first-order valence-electron chi connectivity index (χ1n) is 7.24. The van der Waals surface area contributed by atoms with Crippen molar-refractivity contribution in [1.82, 2.24) is 10.2 Å². The highest BCUT2D eigenvalue weighted by Gasteiger charge is 2.27. The fourth-order valence-electron chi connectivity index (χ4n) is 2.82. The molecule has 3 nitrogen and oxygen atoms in total. The number of hydrogen-bond acceptors (Lipinski definition) is 2. The van der Waals surface area contributed by atoms with Gasteiger partial charge in [-0.25, -0.2) is 0 Å². The molecule has 1 atom stereocenters. The van der Waals surface area contributed by atoms with Crippen LogP contribution in [-0.2, 0) is 11.2 Å². The lowest BCUT2D eigenvalue weighted by atomic mass is 10.1. The first-order valence-corrected chi connectivity index (χ1v) is 7.24. The number of benzene rings is 1. The monoisotopic (exact) mass is 260 g/mol. The van der Waals surface area contributed by atoms with Crippen LogP contribution in [-0.4, -0.2) is 36.0 Å². The second-order valence-electron chi connectivity index (χ2n) is 5.53.